The van der Waals surface area contributed by atoms with Crippen LogP contribution >= 0.6 is 35.3 Å². The summed E-state index contributed by atoms with van der Waals surface area (Å²) in [6.07, 6.45) is 3.15. The van der Waals surface area contributed by atoms with E-state index in [0.29, 0.717) is 18.4 Å². The lowest BCUT2D eigenvalue weighted by atomic mass is 9.98. The van der Waals surface area contributed by atoms with Gasteiger partial charge in [0, 0.05) is 38.0 Å². The average molecular weight is 436 g/mol. The molecule has 1 amide bonds. The quantitative estimate of drug-likeness (QED) is 0.422. The summed E-state index contributed by atoms with van der Waals surface area (Å²) >= 11 is 1.76. The highest BCUT2D eigenvalue weighted by Gasteiger charge is 2.21. The van der Waals surface area contributed by atoms with Crippen LogP contribution in [0.1, 0.15) is 24.6 Å². The number of carbonyl (C=O) groups is 1. The highest BCUT2D eigenvalue weighted by molar-refractivity contribution is 14.0. The molecule has 0 saturated carbocycles. The topological polar surface area (TPSA) is 70.7 Å². The van der Waals surface area contributed by atoms with E-state index < -0.39 is 0 Å². The number of thiophene rings is 1. The van der Waals surface area contributed by atoms with Gasteiger partial charge in [0.2, 0.25) is 5.91 Å². The molecule has 2 rings (SSSR count). The number of guanidine groups is 1. The molecule has 0 spiro atoms. The molecule has 1 aliphatic heterocycles. The molecule has 0 aliphatic carbocycles. The van der Waals surface area contributed by atoms with Crippen molar-refractivity contribution in [2.75, 3.05) is 26.2 Å². The SMILES string of the molecule is CC(=O)N1CCCC(CN=C(N)NCCc2cccs2)C1.I. The Bertz CT molecular complexity index is 478. The number of rotatable bonds is 5. The fourth-order valence-corrected chi connectivity index (χ4v) is 3.26. The monoisotopic (exact) mass is 436 g/mol. The first-order valence-electron chi connectivity index (χ1n) is 7.47. The van der Waals surface area contributed by atoms with Crippen molar-refractivity contribution in [1.82, 2.24) is 10.2 Å². The van der Waals surface area contributed by atoms with Crippen molar-refractivity contribution >= 4 is 47.2 Å². The number of piperidine rings is 1. The zero-order valence-electron chi connectivity index (χ0n) is 13.0. The first-order chi connectivity index (χ1) is 10.1. The molecule has 5 nitrogen and oxygen atoms in total. The van der Waals surface area contributed by atoms with Crippen LogP contribution in [0.4, 0.5) is 0 Å². The number of hydrogen-bond acceptors (Lipinski definition) is 3. The first-order valence-corrected chi connectivity index (χ1v) is 8.35. The third kappa shape index (κ3) is 6.51. The Morgan fingerprint density at radius 3 is 3.09 bits per heavy atom. The van der Waals surface area contributed by atoms with E-state index in [-0.39, 0.29) is 29.9 Å². The normalized spacial score (nSPS) is 18.7. The molecule has 1 aromatic rings. The Balaban J connectivity index is 0.00000242. The number of nitrogens with two attached hydrogens (primary N) is 1. The Morgan fingerprint density at radius 2 is 2.41 bits per heavy atom. The second kappa shape index (κ2) is 10.0. The van der Waals surface area contributed by atoms with E-state index in [1.807, 2.05) is 4.90 Å². The Hall–Kier alpha value is -0.830. The van der Waals surface area contributed by atoms with Crippen LogP contribution in [0.5, 0.6) is 0 Å². The summed E-state index contributed by atoms with van der Waals surface area (Å²) in [5.74, 6) is 1.09. The van der Waals surface area contributed by atoms with E-state index >= 15 is 0 Å². The second-order valence-electron chi connectivity index (χ2n) is 5.46. The lowest BCUT2D eigenvalue weighted by Crippen LogP contribution is -2.40. The van der Waals surface area contributed by atoms with E-state index in [4.69, 9.17) is 5.73 Å². The molecule has 7 heteroatoms. The highest BCUT2D eigenvalue weighted by Crippen LogP contribution is 2.16. The predicted molar refractivity (Wildman–Crippen MR) is 103 cm³/mol. The fourth-order valence-electron chi connectivity index (χ4n) is 2.55. The minimum Gasteiger partial charge on any atom is -0.370 e. The van der Waals surface area contributed by atoms with Crippen molar-refractivity contribution in [2.24, 2.45) is 16.6 Å². The van der Waals surface area contributed by atoms with Gasteiger partial charge in [0.05, 0.1) is 0 Å². The van der Waals surface area contributed by atoms with E-state index in [0.717, 1.165) is 38.9 Å². The first kappa shape index (κ1) is 19.2. The number of nitrogens with zero attached hydrogens (tertiary/aromatic N) is 2. The van der Waals surface area contributed by atoms with Crippen molar-refractivity contribution < 1.29 is 4.79 Å². The highest BCUT2D eigenvalue weighted by atomic mass is 127. The number of carbonyl (C=O) groups excluding carboxylic acids is 1. The third-order valence-corrected chi connectivity index (χ3v) is 4.68. The lowest BCUT2D eigenvalue weighted by Gasteiger charge is -2.31. The van der Waals surface area contributed by atoms with Gasteiger partial charge in [-0.15, -0.1) is 35.3 Å². The minimum atomic E-state index is 0. The van der Waals surface area contributed by atoms with Gasteiger partial charge in [-0.2, -0.15) is 0 Å². The summed E-state index contributed by atoms with van der Waals surface area (Å²) in [5, 5.41) is 5.23. The molecule has 1 atom stereocenters. The molecule has 124 valence electrons. The van der Waals surface area contributed by atoms with Crippen molar-refractivity contribution in [3.05, 3.63) is 22.4 Å². The maximum atomic E-state index is 11.4. The van der Waals surface area contributed by atoms with Gasteiger partial charge in [-0.1, -0.05) is 6.07 Å². The molecular weight excluding hydrogens is 411 g/mol. The molecular formula is C15H25IN4OS. The van der Waals surface area contributed by atoms with Gasteiger partial charge in [-0.3, -0.25) is 9.79 Å². The van der Waals surface area contributed by atoms with E-state index in [1.165, 1.54) is 4.88 Å². The van der Waals surface area contributed by atoms with E-state index in [1.54, 1.807) is 18.3 Å². The maximum absolute atomic E-state index is 11.4. The molecule has 0 bridgehead atoms. The zero-order valence-corrected chi connectivity index (χ0v) is 16.1. The van der Waals surface area contributed by atoms with Gasteiger partial charge in [0.15, 0.2) is 5.96 Å². The van der Waals surface area contributed by atoms with Crippen LogP contribution in [0.3, 0.4) is 0 Å². The van der Waals surface area contributed by atoms with Crippen molar-refractivity contribution in [2.45, 2.75) is 26.2 Å². The number of hydrogen-bond donors (Lipinski definition) is 2. The van der Waals surface area contributed by atoms with Crippen LogP contribution in [0.2, 0.25) is 0 Å². The average Bonchev–Trinajstić information content (AvgIpc) is 2.99. The Labute approximate surface area is 153 Å². The van der Waals surface area contributed by atoms with Crippen LogP contribution in [0, 0.1) is 5.92 Å². The minimum absolute atomic E-state index is 0. The molecule has 1 fully saturated rings. The van der Waals surface area contributed by atoms with Crippen molar-refractivity contribution in [3.8, 4) is 0 Å². The summed E-state index contributed by atoms with van der Waals surface area (Å²) in [6, 6.07) is 4.18. The summed E-state index contributed by atoms with van der Waals surface area (Å²) in [6.45, 7) is 4.82. The largest absolute Gasteiger partial charge is 0.370 e. The summed E-state index contributed by atoms with van der Waals surface area (Å²) in [7, 11) is 0. The molecule has 1 aliphatic rings. The van der Waals surface area contributed by atoms with Gasteiger partial charge in [0.1, 0.15) is 0 Å². The van der Waals surface area contributed by atoms with Crippen LogP contribution < -0.4 is 11.1 Å². The Morgan fingerprint density at radius 1 is 1.59 bits per heavy atom. The zero-order chi connectivity index (χ0) is 15.1. The van der Waals surface area contributed by atoms with Crippen LogP contribution in [-0.4, -0.2) is 42.9 Å². The molecule has 22 heavy (non-hydrogen) atoms. The smallest absolute Gasteiger partial charge is 0.219 e. The van der Waals surface area contributed by atoms with E-state index in [9.17, 15) is 4.79 Å². The third-order valence-electron chi connectivity index (χ3n) is 3.74. The van der Waals surface area contributed by atoms with Gasteiger partial charge < -0.3 is 16.0 Å². The van der Waals surface area contributed by atoms with Crippen LogP contribution in [-0.2, 0) is 11.2 Å². The molecule has 1 aromatic heterocycles. The molecule has 1 saturated heterocycles. The second-order valence-corrected chi connectivity index (χ2v) is 6.49. The molecule has 0 radical (unpaired) electrons. The Kier molecular flexibility index (Phi) is 8.77. The summed E-state index contributed by atoms with van der Waals surface area (Å²) in [4.78, 5) is 19.1. The molecule has 0 aromatic carbocycles. The van der Waals surface area contributed by atoms with Crippen molar-refractivity contribution in [1.29, 1.82) is 0 Å². The number of halogens is 1. The molecule has 1 unspecified atom stereocenters. The lowest BCUT2D eigenvalue weighted by molar-refractivity contribution is -0.130. The molecule has 3 N–H and O–H groups in total. The predicted octanol–water partition coefficient (Wildman–Crippen LogP) is 2.07. The fraction of sp³-hybridized carbons (Fsp3) is 0.600. The van der Waals surface area contributed by atoms with Gasteiger partial charge >= 0.3 is 0 Å². The summed E-state index contributed by atoms with van der Waals surface area (Å²) < 4.78 is 0. The van der Waals surface area contributed by atoms with Gasteiger partial charge in [0.25, 0.3) is 0 Å². The van der Waals surface area contributed by atoms with Crippen LogP contribution in [0.15, 0.2) is 22.5 Å². The number of likely N-dealkylation sites (tertiary alicyclic amines) is 1. The van der Waals surface area contributed by atoms with Gasteiger partial charge in [-0.25, -0.2) is 0 Å². The number of aliphatic imine (C=N–C) groups is 1. The summed E-state index contributed by atoms with van der Waals surface area (Å²) in [5.41, 5.74) is 5.89. The van der Waals surface area contributed by atoms with Crippen molar-refractivity contribution in [3.63, 3.8) is 0 Å². The van der Waals surface area contributed by atoms with Gasteiger partial charge in [-0.05, 0) is 36.6 Å². The molecule has 2 heterocycles. The number of amides is 1. The standard InChI is InChI=1S/C15H24N4OS.HI/c1-12(20)19-8-2-4-13(11-19)10-18-15(16)17-7-6-14-5-3-9-21-14;/h3,5,9,13H,2,4,6-8,10-11H2,1H3,(H3,16,17,18);1H. The number of nitrogens with one attached hydrogen (secondary N) is 1. The maximum Gasteiger partial charge on any atom is 0.219 e. The van der Waals surface area contributed by atoms with E-state index in [2.05, 4.69) is 27.8 Å². The van der Waals surface area contributed by atoms with Crippen LogP contribution in [0.25, 0.3) is 0 Å².